The highest BCUT2D eigenvalue weighted by Crippen LogP contribution is 2.37. The minimum Gasteiger partial charge on any atom is -0.502 e. The number of hydrogen-bond donors (Lipinski definition) is 3. The molecule has 0 saturated carbocycles. The number of carbonyl (C=O) groups is 4. The predicted molar refractivity (Wildman–Crippen MR) is 134 cm³/mol. The van der Waals surface area contributed by atoms with Gasteiger partial charge >= 0.3 is 11.9 Å². The van der Waals surface area contributed by atoms with Crippen LogP contribution in [-0.4, -0.2) is 127 Å². The number of carboxylic acids is 2. The molecule has 210 valence electrons. The van der Waals surface area contributed by atoms with Crippen LogP contribution in [0.1, 0.15) is 12.0 Å². The van der Waals surface area contributed by atoms with Gasteiger partial charge in [-0.2, -0.15) is 0 Å². The van der Waals surface area contributed by atoms with E-state index in [-0.39, 0.29) is 17.6 Å². The van der Waals surface area contributed by atoms with E-state index in [1.807, 2.05) is 9.80 Å². The van der Waals surface area contributed by atoms with Gasteiger partial charge in [-0.15, -0.1) is 0 Å². The van der Waals surface area contributed by atoms with Crippen molar-refractivity contribution in [3.05, 3.63) is 29.8 Å². The van der Waals surface area contributed by atoms with Crippen LogP contribution in [-0.2, 0) is 30.3 Å². The summed E-state index contributed by atoms with van der Waals surface area (Å²) in [6.07, 6.45) is 2.01. The average molecular weight is 538 g/mol. The smallest absolute Gasteiger partial charge is 0.328 e. The van der Waals surface area contributed by atoms with Crippen LogP contribution in [0.4, 0.5) is 0 Å². The Morgan fingerprint density at radius 1 is 0.842 bits per heavy atom. The molecule has 2 saturated heterocycles. The first-order valence-electron chi connectivity index (χ1n) is 12.1. The number of hydrogen-bond acceptors (Lipinski definition) is 9. The van der Waals surface area contributed by atoms with E-state index in [1.165, 1.54) is 14.2 Å². The Morgan fingerprint density at radius 2 is 1.34 bits per heavy atom. The van der Waals surface area contributed by atoms with Crippen molar-refractivity contribution in [1.82, 2.24) is 14.7 Å². The van der Waals surface area contributed by atoms with Crippen molar-refractivity contribution in [2.24, 2.45) is 0 Å². The van der Waals surface area contributed by atoms with Crippen LogP contribution in [0.15, 0.2) is 24.3 Å². The van der Waals surface area contributed by atoms with Gasteiger partial charge in [-0.25, -0.2) is 9.59 Å². The maximum Gasteiger partial charge on any atom is 0.328 e. The van der Waals surface area contributed by atoms with E-state index in [2.05, 4.69) is 4.90 Å². The molecule has 2 aliphatic heterocycles. The third-order valence-corrected chi connectivity index (χ3v) is 5.98. The summed E-state index contributed by atoms with van der Waals surface area (Å²) in [5.74, 6) is -1.68. The number of aliphatic carboxylic acids is 2. The molecular weight excluding hydrogens is 502 g/mol. The second-order valence-corrected chi connectivity index (χ2v) is 8.51. The molecule has 0 aromatic heterocycles. The first-order chi connectivity index (χ1) is 18.1. The zero-order valence-electron chi connectivity index (χ0n) is 21.6. The number of methoxy groups -OCH3 is 2. The number of aromatic hydroxyl groups is 1. The lowest BCUT2D eigenvalue weighted by molar-refractivity contribution is -0.138. The summed E-state index contributed by atoms with van der Waals surface area (Å²) in [5, 5.41) is 25.6. The van der Waals surface area contributed by atoms with E-state index in [1.54, 1.807) is 12.1 Å². The number of nitrogens with zero attached hydrogens (tertiary/aromatic N) is 3. The Bertz CT molecular complexity index is 958. The van der Waals surface area contributed by atoms with Crippen molar-refractivity contribution in [3.8, 4) is 17.2 Å². The highest BCUT2D eigenvalue weighted by Gasteiger charge is 2.25. The van der Waals surface area contributed by atoms with Crippen LogP contribution in [0.5, 0.6) is 17.2 Å². The zero-order valence-corrected chi connectivity index (χ0v) is 21.6. The molecule has 38 heavy (non-hydrogen) atoms. The molecule has 0 atom stereocenters. The molecule has 2 aliphatic rings. The summed E-state index contributed by atoms with van der Waals surface area (Å²) >= 11 is 0. The Balaban J connectivity index is 0.000000550. The van der Waals surface area contributed by atoms with Gasteiger partial charge in [-0.3, -0.25) is 14.5 Å². The van der Waals surface area contributed by atoms with Crippen LogP contribution >= 0.6 is 0 Å². The van der Waals surface area contributed by atoms with Gasteiger partial charge in [0.1, 0.15) is 0 Å². The maximum absolute atomic E-state index is 12.6. The van der Waals surface area contributed by atoms with E-state index in [9.17, 15) is 24.3 Å². The molecule has 2 fully saturated rings. The first-order valence-corrected chi connectivity index (χ1v) is 12.1. The molecule has 0 aliphatic carbocycles. The normalized spacial score (nSPS) is 15.9. The summed E-state index contributed by atoms with van der Waals surface area (Å²) in [6.45, 7) is 5.56. The molecule has 3 rings (SSSR count). The van der Waals surface area contributed by atoms with Crippen LogP contribution in [0.25, 0.3) is 0 Å². The first kappa shape index (κ1) is 30.4. The van der Waals surface area contributed by atoms with E-state index in [0.717, 1.165) is 5.56 Å². The number of carbonyl (C=O) groups excluding carboxylic acids is 2. The summed E-state index contributed by atoms with van der Waals surface area (Å²) in [6, 6.07) is 3.45. The lowest BCUT2D eigenvalue weighted by atomic mass is 10.1. The Labute approximate surface area is 220 Å². The van der Waals surface area contributed by atoms with E-state index >= 15 is 0 Å². The van der Waals surface area contributed by atoms with E-state index in [0.29, 0.717) is 95.5 Å². The Kier molecular flexibility index (Phi) is 12.3. The number of amides is 2. The van der Waals surface area contributed by atoms with Gasteiger partial charge in [0.15, 0.2) is 11.5 Å². The molecule has 1 aromatic carbocycles. The molecule has 13 heteroatoms. The monoisotopic (exact) mass is 537 g/mol. The number of carboxylic acid groups (broad SMARTS) is 2. The van der Waals surface area contributed by atoms with Crippen molar-refractivity contribution in [2.75, 3.05) is 73.2 Å². The van der Waals surface area contributed by atoms with Crippen LogP contribution < -0.4 is 9.47 Å². The lowest BCUT2D eigenvalue weighted by Gasteiger charge is -2.36. The largest absolute Gasteiger partial charge is 0.502 e. The highest BCUT2D eigenvalue weighted by molar-refractivity contribution is 5.89. The number of phenols is 1. The predicted octanol–water partition coefficient (Wildman–Crippen LogP) is 0.0568. The van der Waals surface area contributed by atoms with E-state index < -0.39 is 11.9 Å². The van der Waals surface area contributed by atoms with Gasteiger partial charge in [0, 0.05) is 57.8 Å². The molecule has 1 aromatic rings. The quantitative estimate of drug-likeness (QED) is 0.365. The minimum absolute atomic E-state index is 0.0437. The number of ether oxygens (including phenoxy) is 3. The molecule has 13 nitrogen and oxygen atoms in total. The molecule has 0 unspecified atom stereocenters. The van der Waals surface area contributed by atoms with Gasteiger partial charge < -0.3 is 39.3 Å². The number of rotatable bonds is 9. The third kappa shape index (κ3) is 9.90. The minimum atomic E-state index is -1.26. The Morgan fingerprint density at radius 3 is 1.82 bits per heavy atom. The molecule has 2 heterocycles. The molecule has 2 amide bonds. The number of morpholine rings is 1. The summed E-state index contributed by atoms with van der Waals surface area (Å²) in [5.41, 5.74) is 0.865. The van der Waals surface area contributed by atoms with Crippen molar-refractivity contribution in [2.45, 2.75) is 12.8 Å². The number of aryl methyl sites for hydroxylation is 1. The SMILES string of the molecule is COc1cc(CCC(=O)N2CCN(CC(=O)N3CCOCC3)CC2)cc(OC)c1O.O=C(O)/C=C\C(=O)O. The van der Waals surface area contributed by atoms with Crippen molar-refractivity contribution in [3.63, 3.8) is 0 Å². The van der Waals surface area contributed by atoms with Crippen molar-refractivity contribution < 1.29 is 48.7 Å². The van der Waals surface area contributed by atoms with Gasteiger partial charge in [0.05, 0.1) is 34.0 Å². The summed E-state index contributed by atoms with van der Waals surface area (Å²) in [7, 11) is 2.96. The van der Waals surface area contributed by atoms with E-state index in [4.69, 9.17) is 24.4 Å². The van der Waals surface area contributed by atoms with Crippen LogP contribution in [0.3, 0.4) is 0 Å². The fourth-order valence-electron chi connectivity index (χ4n) is 3.90. The summed E-state index contributed by atoms with van der Waals surface area (Å²) < 4.78 is 15.6. The highest BCUT2D eigenvalue weighted by atomic mass is 16.5. The maximum atomic E-state index is 12.6. The molecule has 0 spiro atoms. The van der Waals surface area contributed by atoms with Crippen LogP contribution in [0.2, 0.25) is 0 Å². The van der Waals surface area contributed by atoms with Gasteiger partial charge in [0.2, 0.25) is 17.6 Å². The zero-order chi connectivity index (χ0) is 28.1. The molecule has 0 bridgehead atoms. The van der Waals surface area contributed by atoms with Crippen molar-refractivity contribution in [1.29, 1.82) is 0 Å². The second-order valence-electron chi connectivity index (χ2n) is 8.51. The fourth-order valence-corrected chi connectivity index (χ4v) is 3.90. The Hall–Kier alpha value is -3.84. The number of benzene rings is 1. The fraction of sp³-hybridized carbons (Fsp3) is 0.520. The third-order valence-electron chi connectivity index (χ3n) is 5.98. The average Bonchev–Trinajstić information content (AvgIpc) is 2.92. The molecule has 3 N–H and O–H groups in total. The van der Waals surface area contributed by atoms with Crippen molar-refractivity contribution >= 4 is 23.8 Å². The van der Waals surface area contributed by atoms with Gasteiger partial charge in [-0.1, -0.05) is 0 Å². The standard InChI is InChI=1S/C21H31N3O6.C4H4O4/c1-28-17-13-16(14-18(29-2)21(17)27)3-4-19(25)23-7-5-22(6-8-23)15-20(26)24-9-11-30-12-10-24;5-3(6)1-2-4(7)8/h13-14,27H,3-12,15H2,1-2H3;1-2H,(H,5,6)(H,7,8)/b;2-1-. The molecular formula is C25H35N3O10. The number of piperazine rings is 1. The van der Waals surface area contributed by atoms with Crippen LogP contribution in [0, 0.1) is 0 Å². The lowest BCUT2D eigenvalue weighted by Crippen LogP contribution is -2.52. The summed E-state index contributed by atoms with van der Waals surface area (Å²) in [4.78, 5) is 49.9. The second kappa shape index (κ2) is 15.4. The molecule has 0 radical (unpaired) electrons. The topological polar surface area (TPSA) is 166 Å². The van der Waals surface area contributed by atoms with Gasteiger partial charge in [-0.05, 0) is 24.1 Å². The van der Waals surface area contributed by atoms with Gasteiger partial charge in [0.25, 0.3) is 0 Å². The number of phenolic OH excluding ortho intramolecular Hbond substituents is 1.